The number of rotatable bonds is 15. The molecule has 0 spiro atoms. The molecule has 0 heterocycles. The van der Waals surface area contributed by atoms with Crippen molar-refractivity contribution in [1.82, 2.24) is 4.90 Å². The second kappa shape index (κ2) is 21.6. The fourth-order valence-electron chi connectivity index (χ4n) is 2.41. The molecule has 0 rings (SSSR count). The summed E-state index contributed by atoms with van der Waals surface area (Å²) in [6, 6.07) is -0.557. The maximum atomic E-state index is 9.52. The number of hydrogen-bond donors (Lipinski definition) is 3. The lowest BCUT2D eigenvalue weighted by Crippen LogP contribution is -2.36. The first-order valence-corrected chi connectivity index (χ1v) is 10.3. The summed E-state index contributed by atoms with van der Waals surface area (Å²) >= 11 is 0. The highest BCUT2D eigenvalue weighted by Gasteiger charge is 2.08. The predicted octanol–water partition coefficient (Wildman–Crippen LogP) is 4.10. The SMILES string of the molecule is CCCCCCCCCCCCC/C=C/C(O)C(N)CO.CN(C)C. The molecule has 0 bridgehead atoms. The molecule has 2 atom stereocenters. The molecule has 0 aromatic rings. The lowest BCUT2D eigenvalue weighted by Gasteiger charge is -2.11. The molecule has 0 aliphatic heterocycles. The summed E-state index contributed by atoms with van der Waals surface area (Å²) in [7, 11) is 6.00. The number of aliphatic hydroxyl groups is 2. The van der Waals surface area contributed by atoms with Crippen LogP contribution in [0, 0.1) is 0 Å². The van der Waals surface area contributed by atoms with E-state index >= 15 is 0 Å². The van der Waals surface area contributed by atoms with Crippen molar-refractivity contribution in [2.24, 2.45) is 5.73 Å². The van der Waals surface area contributed by atoms with Crippen molar-refractivity contribution in [2.45, 2.75) is 96.1 Å². The summed E-state index contributed by atoms with van der Waals surface area (Å²) in [6.45, 7) is 2.08. The zero-order valence-electron chi connectivity index (χ0n) is 17.4. The first-order chi connectivity index (χ1) is 12.0. The second-order valence-electron chi connectivity index (χ2n) is 7.43. The molecule has 25 heavy (non-hydrogen) atoms. The summed E-state index contributed by atoms with van der Waals surface area (Å²) in [5.41, 5.74) is 5.51. The highest BCUT2D eigenvalue weighted by atomic mass is 16.3. The first-order valence-electron chi connectivity index (χ1n) is 10.3. The Balaban J connectivity index is 0. The van der Waals surface area contributed by atoms with Gasteiger partial charge in [-0.2, -0.15) is 0 Å². The van der Waals surface area contributed by atoms with Crippen LogP contribution >= 0.6 is 0 Å². The van der Waals surface area contributed by atoms with Crippen LogP contribution in [0.15, 0.2) is 12.2 Å². The Morgan fingerprint density at radius 3 is 1.64 bits per heavy atom. The van der Waals surface area contributed by atoms with Crippen molar-refractivity contribution in [3.05, 3.63) is 12.2 Å². The van der Waals surface area contributed by atoms with Crippen LogP contribution in [-0.4, -0.2) is 55.0 Å². The maximum absolute atomic E-state index is 9.52. The molecule has 4 N–H and O–H groups in total. The van der Waals surface area contributed by atoms with Crippen LogP contribution in [0.5, 0.6) is 0 Å². The Morgan fingerprint density at radius 2 is 1.24 bits per heavy atom. The van der Waals surface area contributed by atoms with E-state index in [2.05, 4.69) is 6.92 Å². The summed E-state index contributed by atoms with van der Waals surface area (Å²) in [6.07, 6.45) is 18.8. The van der Waals surface area contributed by atoms with E-state index in [9.17, 15) is 5.11 Å². The molecular weight excluding hydrogens is 312 g/mol. The van der Waals surface area contributed by atoms with Gasteiger partial charge in [0.25, 0.3) is 0 Å². The van der Waals surface area contributed by atoms with Crippen molar-refractivity contribution in [2.75, 3.05) is 27.7 Å². The zero-order chi connectivity index (χ0) is 19.3. The number of unbranched alkanes of at least 4 members (excludes halogenated alkanes) is 11. The lowest BCUT2D eigenvalue weighted by molar-refractivity contribution is 0.144. The van der Waals surface area contributed by atoms with Crippen LogP contribution in [0.1, 0.15) is 84.0 Å². The van der Waals surface area contributed by atoms with Crippen molar-refractivity contribution < 1.29 is 10.2 Å². The van der Waals surface area contributed by atoms with E-state index in [-0.39, 0.29) is 6.61 Å². The quantitative estimate of drug-likeness (QED) is 0.304. The summed E-state index contributed by atoms with van der Waals surface area (Å²) in [5, 5.41) is 18.3. The van der Waals surface area contributed by atoms with Gasteiger partial charge in [-0.25, -0.2) is 0 Å². The van der Waals surface area contributed by atoms with Crippen LogP contribution < -0.4 is 5.73 Å². The van der Waals surface area contributed by atoms with Gasteiger partial charge in [-0.3, -0.25) is 0 Å². The van der Waals surface area contributed by atoms with Gasteiger partial charge < -0.3 is 20.8 Å². The molecule has 0 saturated heterocycles. The largest absolute Gasteiger partial charge is 0.395 e. The number of allylic oxidation sites excluding steroid dienone is 1. The normalized spacial score (nSPS) is 13.8. The zero-order valence-corrected chi connectivity index (χ0v) is 17.4. The van der Waals surface area contributed by atoms with Crippen LogP contribution in [0.3, 0.4) is 0 Å². The van der Waals surface area contributed by atoms with E-state index in [0.717, 1.165) is 6.42 Å². The van der Waals surface area contributed by atoms with Gasteiger partial charge in [-0.1, -0.05) is 83.3 Å². The molecule has 0 fully saturated rings. The van der Waals surface area contributed by atoms with Gasteiger partial charge >= 0.3 is 0 Å². The van der Waals surface area contributed by atoms with Crippen molar-refractivity contribution >= 4 is 0 Å². The van der Waals surface area contributed by atoms with Gasteiger partial charge in [-0.05, 0) is 34.0 Å². The standard InChI is InChI=1S/C18H37NO2.C3H9N/c1-2-3-4-5-6-7-8-9-10-11-12-13-14-15-18(21)17(19)16-20;1-4(2)3/h14-15,17-18,20-21H,2-13,16,19H2,1H3;1-3H3/b15-14+;. The molecule has 0 amide bonds. The Hall–Kier alpha value is -0.420. The van der Waals surface area contributed by atoms with E-state index in [1.807, 2.05) is 32.1 Å². The van der Waals surface area contributed by atoms with Gasteiger partial charge in [-0.15, -0.1) is 0 Å². The molecule has 0 aromatic carbocycles. The second-order valence-corrected chi connectivity index (χ2v) is 7.43. The van der Waals surface area contributed by atoms with Gasteiger partial charge in [0.2, 0.25) is 0 Å². The van der Waals surface area contributed by atoms with E-state index in [1.165, 1.54) is 70.6 Å². The molecule has 4 nitrogen and oxygen atoms in total. The van der Waals surface area contributed by atoms with E-state index in [1.54, 1.807) is 6.08 Å². The number of nitrogens with two attached hydrogens (primary N) is 1. The molecule has 4 heteroatoms. The topological polar surface area (TPSA) is 69.7 Å². The van der Waals surface area contributed by atoms with Crippen LogP contribution in [0.25, 0.3) is 0 Å². The molecule has 2 unspecified atom stereocenters. The van der Waals surface area contributed by atoms with E-state index in [4.69, 9.17) is 10.8 Å². The summed E-state index contributed by atoms with van der Waals surface area (Å²) < 4.78 is 0. The van der Waals surface area contributed by atoms with Gasteiger partial charge in [0.1, 0.15) is 0 Å². The van der Waals surface area contributed by atoms with Crippen LogP contribution in [-0.2, 0) is 0 Å². The van der Waals surface area contributed by atoms with Gasteiger partial charge in [0.15, 0.2) is 0 Å². The minimum Gasteiger partial charge on any atom is -0.395 e. The van der Waals surface area contributed by atoms with Crippen LogP contribution in [0.4, 0.5) is 0 Å². The third-order valence-corrected chi connectivity index (χ3v) is 3.96. The Bertz CT molecular complexity index is 268. The van der Waals surface area contributed by atoms with Crippen LogP contribution in [0.2, 0.25) is 0 Å². The third kappa shape index (κ3) is 25.9. The smallest absolute Gasteiger partial charge is 0.0894 e. The monoisotopic (exact) mass is 358 g/mol. The Morgan fingerprint density at radius 1 is 0.840 bits per heavy atom. The Kier molecular flexibility index (Phi) is 23.2. The molecule has 0 aromatic heterocycles. The highest BCUT2D eigenvalue weighted by molar-refractivity contribution is 4.93. The van der Waals surface area contributed by atoms with Crippen molar-refractivity contribution in [3.8, 4) is 0 Å². The number of hydrogen-bond acceptors (Lipinski definition) is 4. The highest BCUT2D eigenvalue weighted by Crippen LogP contribution is 2.12. The fourth-order valence-corrected chi connectivity index (χ4v) is 2.41. The van der Waals surface area contributed by atoms with E-state index < -0.39 is 12.1 Å². The third-order valence-electron chi connectivity index (χ3n) is 3.96. The average molecular weight is 359 g/mol. The maximum Gasteiger partial charge on any atom is 0.0894 e. The minimum atomic E-state index is -0.720. The number of aliphatic hydroxyl groups excluding tert-OH is 2. The molecule has 0 saturated carbocycles. The molecule has 0 radical (unpaired) electrons. The fraction of sp³-hybridized carbons (Fsp3) is 0.905. The molecule has 152 valence electrons. The first kappa shape index (κ1) is 26.8. The molecule has 0 aliphatic rings. The Labute approximate surface area is 157 Å². The molecular formula is C21H46N2O2. The average Bonchev–Trinajstić information content (AvgIpc) is 2.57. The number of nitrogens with zero attached hydrogens (tertiary/aromatic N) is 1. The van der Waals surface area contributed by atoms with Crippen molar-refractivity contribution in [1.29, 1.82) is 0 Å². The lowest BCUT2D eigenvalue weighted by atomic mass is 10.0. The molecule has 0 aliphatic carbocycles. The van der Waals surface area contributed by atoms with Gasteiger partial charge in [0, 0.05) is 0 Å². The summed E-state index contributed by atoms with van der Waals surface area (Å²) in [4.78, 5) is 2.00. The predicted molar refractivity (Wildman–Crippen MR) is 111 cm³/mol. The minimum absolute atomic E-state index is 0.177. The summed E-state index contributed by atoms with van der Waals surface area (Å²) in [5.74, 6) is 0. The van der Waals surface area contributed by atoms with Gasteiger partial charge in [0.05, 0.1) is 18.8 Å². The van der Waals surface area contributed by atoms with Crippen molar-refractivity contribution in [3.63, 3.8) is 0 Å². The van der Waals surface area contributed by atoms with E-state index in [0.29, 0.717) is 0 Å².